The monoisotopic (exact) mass is 343 g/mol. The number of hydrogen-bond acceptors (Lipinski definition) is 3. The van der Waals surface area contributed by atoms with Crippen molar-refractivity contribution >= 4 is 5.96 Å². The zero-order valence-electron chi connectivity index (χ0n) is 16.2. The number of hydrogen-bond donors (Lipinski definition) is 2. The highest BCUT2D eigenvalue weighted by Gasteiger charge is 2.06. The molecule has 0 unspecified atom stereocenters. The van der Waals surface area contributed by atoms with Crippen molar-refractivity contribution in [2.24, 2.45) is 5.73 Å². The fraction of sp³-hybridized carbons (Fsp3) is 0.947. The number of guanidine groups is 1. The summed E-state index contributed by atoms with van der Waals surface area (Å²) in [6, 6.07) is 0. The third kappa shape index (κ3) is 16.1. The number of nitrogens with one attached hydrogen (secondary N) is 1. The van der Waals surface area contributed by atoms with E-state index in [0.29, 0.717) is 0 Å². The lowest BCUT2D eigenvalue weighted by atomic mass is 10.2. The van der Waals surface area contributed by atoms with E-state index in [-0.39, 0.29) is 5.96 Å². The Morgan fingerprint density at radius 2 is 1.12 bits per heavy atom. The topological polar surface area (TPSA) is 71.6 Å². The SMILES string of the molecule is CCCCCCOCCCN(CCCOCCCCCC)C(=N)N. The fourth-order valence-corrected chi connectivity index (χ4v) is 2.53. The van der Waals surface area contributed by atoms with Gasteiger partial charge in [-0.25, -0.2) is 0 Å². The van der Waals surface area contributed by atoms with E-state index in [1.165, 1.54) is 38.5 Å². The van der Waals surface area contributed by atoms with E-state index in [2.05, 4.69) is 13.8 Å². The van der Waals surface area contributed by atoms with Crippen molar-refractivity contribution in [2.45, 2.75) is 78.1 Å². The minimum atomic E-state index is 0.154. The Morgan fingerprint density at radius 1 is 0.708 bits per heavy atom. The first kappa shape index (κ1) is 23.2. The van der Waals surface area contributed by atoms with Crippen molar-refractivity contribution in [2.75, 3.05) is 39.5 Å². The highest BCUT2D eigenvalue weighted by molar-refractivity contribution is 5.74. The summed E-state index contributed by atoms with van der Waals surface area (Å²) in [5.74, 6) is 0.154. The second kappa shape index (κ2) is 18.5. The summed E-state index contributed by atoms with van der Waals surface area (Å²) >= 11 is 0. The summed E-state index contributed by atoms with van der Waals surface area (Å²) in [6.45, 7) is 9.23. The van der Waals surface area contributed by atoms with E-state index in [4.69, 9.17) is 20.6 Å². The highest BCUT2D eigenvalue weighted by Crippen LogP contribution is 2.01. The molecule has 0 spiro atoms. The molecule has 0 aliphatic rings. The molecule has 0 aromatic carbocycles. The van der Waals surface area contributed by atoms with Gasteiger partial charge < -0.3 is 20.1 Å². The molecule has 3 N–H and O–H groups in total. The first-order valence-electron chi connectivity index (χ1n) is 9.96. The maximum absolute atomic E-state index is 7.66. The second-order valence-electron chi connectivity index (χ2n) is 6.43. The van der Waals surface area contributed by atoms with Gasteiger partial charge in [0.15, 0.2) is 5.96 Å². The summed E-state index contributed by atoms with van der Waals surface area (Å²) in [6.07, 6.45) is 11.8. The van der Waals surface area contributed by atoms with Crippen LogP contribution < -0.4 is 5.73 Å². The van der Waals surface area contributed by atoms with Gasteiger partial charge in [0.25, 0.3) is 0 Å². The normalized spacial score (nSPS) is 10.9. The molecule has 5 nitrogen and oxygen atoms in total. The summed E-state index contributed by atoms with van der Waals surface area (Å²) in [5.41, 5.74) is 5.66. The summed E-state index contributed by atoms with van der Waals surface area (Å²) < 4.78 is 11.3. The van der Waals surface area contributed by atoms with Crippen molar-refractivity contribution < 1.29 is 9.47 Å². The Bertz CT molecular complexity index is 255. The van der Waals surface area contributed by atoms with Gasteiger partial charge in [-0.2, -0.15) is 0 Å². The largest absolute Gasteiger partial charge is 0.381 e. The first-order valence-corrected chi connectivity index (χ1v) is 9.96. The van der Waals surface area contributed by atoms with Crippen LogP contribution in [0.25, 0.3) is 0 Å². The van der Waals surface area contributed by atoms with Crippen molar-refractivity contribution in [1.29, 1.82) is 5.41 Å². The van der Waals surface area contributed by atoms with Gasteiger partial charge >= 0.3 is 0 Å². The predicted molar refractivity (Wildman–Crippen MR) is 103 cm³/mol. The Labute approximate surface area is 149 Å². The Kier molecular flexibility index (Phi) is 17.9. The van der Waals surface area contributed by atoms with E-state index >= 15 is 0 Å². The molecule has 5 heteroatoms. The van der Waals surface area contributed by atoms with Gasteiger partial charge in [0, 0.05) is 39.5 Å². The zero-order valence-corrected chi connectivity index (χ0v) is 16.2. The molecule has 0 radical (unpaired) electrons. The molecular formula is C19H41N3O2. The molecule has 24 heavy (non-hydrogen) atoms. The van der Waals surface area contributed by atoms with Crippen LogP contribution in [0.2, 0.25) is 0 Å². The summed E-state index contributed by atoms with van der Waals surface area (Å²) in [5, 5.41) is 7.66. The summed E-state index contributed by atoms with van der Waals surface area (Å²) in [7, 11) is 0. The third-order valence-corrected chi connectivity index (χ3v) is 4.06. The molecule has 0 aliphatic carbocycles. The van der Waals surface area contributed by atoms with Gasteiger partial charge in [-0.3, -0.25) is 5.41 Å². The van der Waals surface area contributed by atoms with E-state index in [0.717, 1.165) is 65.2 Å². The molecule has 0 saturated heterocycles. The lowest BCUT2D eigenvalue weighted by Gasteiger charge is -2.22. The van der Waals surface area contributed by atoms with Gasteiger partial charge in [0.05, 0.1) is 0 Å². The molecule has 0 atom stereocenters. The smallest absolute Gasteiger partial charge is 0.188 e. The Morgan fingerprint density at radius 3 is 1.50 bits per heavy atom. The van der Waals surface area contributed by atoms with Crippen LogP contribution in [0.4, 0.5) is 0 Å². The van der Waals surface area contributed by atoms with Crippen LogP contribution >= 0.6 is 0 Å². The van der Waals surface area contributed by atoms with E-state index in [1.807, 2.05) is 4.90 Å². The van der Waals surface area contributed by atoms with Crippen molar-refractivity contribution in [3.05, 3.63) is 0 Å². The average Bonchev–Trinajstić information content (AvgIpc) is 2.57. The van der Waals surface area contributed by atoms with Gasteiger partial charge in [-0.15, -0.1) is 0 Å². The minimum Gasteiger partial charge on any atom is -0.381 e. The lowest BCUT2D eigenvalue weighted by Crippen LogP contribution is -2.38. The Balaban J connectivity index is 3.49. The number of rotatable bonds is 18. The molecule has 0 saturated carbocycles. The van der Waals surface area contributed by atoms with Crippen LogP contribution in [-0.4, -0.2) is 50.4 Å². The number of unbranched alkanes of at least 4 members (excludes halogenated alkanes) is 6. The maximum atomic E-state index is 7.66. The second-order valence-corrected chi connectivity index (χ2v) is 6.43. The molecule has 0 amide bonds. The standard InChI is InChI=1S/C19H41N3O2/c1-3-5-7-9-15-23-17-11-13-22(19(20)21)14-12-18-24-16-10-8-6-4-2/h3-18H2,1-2H3,(H3,20,21). The molecule has 0 heterocycles. The predicted octanol–water partition coefficient (Wildman–Crippen LogP) is 4.16. The van der Waals surface area contributed by atoms with E-state index in [9.17, 15) is 0 Å². The molecule has 0 aliphatic heterocycles. The van der Waals surface area contributed by atoms with Crippen LogP contribution in [0, 0.1) is 5.41 Å². The Hall–Kier alpha value is -0.810. The number of nitrogens with two attached hydrogens (primary N) is 1. The van der Waals surface area contributed by atoms with Gasteiger partial charge in [0.2, 0.25) is 0 Å². The van der Waals surface area contributed by atoms with Crippen LogP contribution in [0.5, 0.6) is 0 Å². The highest BCUT2D eigenvalue weighted by atomic mass is 16.5. The quantitative estimate of drug-likeness (QED) is 0.223. The number of nitrogens with zero attached hydrogens (tertiary/aromatic N) is 1. The molecule has 0 rings (SSSR count). The van der Waals surface area contributed by atoms with Crippen LogP contribution in [0.3, 0.4) is 0 Å². The lowest BCUT2D eigenvalue weighted by molar-refractivity contribution is 0.114. The molecular weight excluding hydrogens is 302 g/mol. The fourth-order valence-electron chi connectivity index (χ4n) is 2.53. The molecule has 0 aromatic rings. The van der Waals surface area contributed by atoms with Crippen molar-refractivity contribution in [3.8, 4) is 0 Å². The molecule has 0 bridgehead atoms. The number of ether oxygens (including phenoxy) is 2. The van der Waals surface area contributed by atoms with Gasteiger partial charge in [0.1, 0.15) is 0 Å². The maximum Gasteiger partial charge on any atom is 0.188 e. The first-order chi connectivity index (χ1) is 11.7. The molecule has 0 aromatic heterocycles. The van der Waals surface area contributed by atoms with Crippen LogP contribution in [0.1, 0.15) is 78.1 Å². The zero-order chi connectivity index (χ0) is 17.9. The molecule has 0 fully saturated rings. The van der Waals surface area contributed by atoms with E-state index in [1.54, 1.807) is 0 Å². The van der Waals surface area contributed by atoms with Crippen molar-refractivity contribution in [3.63, 3.8) is 0 Å². The third-order valence-electron chi connectivity index (χ3n) is 4.06. The van der Waals surface area contributed by atoms with Crippen LogP contribution in [0.15, 0.2) is 0 Å². The summed E-state index contributed by atoms with van der Waals surface area (Å²) in [4.78, 5) is 1.92. The molecule has 144 valence electrons. The van der Waals surface area contributed by atoms with Crippen molar-refractivity contribution in [1.82, 2.24) is 4.90 Å². The van der Waals surface area contributed by atoms with Crippen LogP contribution in [-0.2, 0) is 9.47 Å². The average molecular weight is 344 g/mol. The van der Waals surface area contributed by atoms with Gasteiger partial charge in [-0.1, -0.05) is 52.4 Å². The minimum absolute atomic E-state index is 0.154. The van der Waals surface area contributed by atoms with E-state index < -0.39 is 0 Å². The van der Waals surface area contributed by atoms with Gasteiger partial charge in [-0.05, 0) is 25.7 Å².